The van der Waals surface area contributed by atoms with Crippen LogP contribution in [-0.4, -0.2) is 19.3 Å². The Morgan fingerprint density at radius 3 is 2.44 bits per heavy atom. The number of alkyl halides is 3. The van der Waals surface area contributed by atoms with E-state index in [0.717, 1.165) is 6.07 Å². The number of aldehydes is 1. The molecule has 0 spiro atoms. The maximum atomic E-state index is 14.5. The molecule has 166 valence electrons. The maximum Gasteiger partial charge on any atom is 0.416 e. The van der Waals surface area contributed by atoms with E-state index in [-0.39, 0.29) is 23.7 Å². The zero-order valence-corrected chi connectivity index (χ0v) is 16.6. The van der Waals surface area contributed by atoms with Gasteiger partial charge in [-0.1, -0.05) is 18.2 Å². The van der Waals surface area contributed by atoms with Crippen LogP contribution in [0.25, 0.3) is 11.1 Å². The molecule has 1 N–H and O–H groups in total. The Hall–Kier alpha value is -3.75. The minimum absolute atomic E-state index is 0.119. The highest BCUT2D eigenvalue weighted by Crippen LogP contribution is 2.31. The number of carbonyl (C=O) groups excluding carboxylic acids is 2. The van der Waals surface area contributed by atoms with Gasteiger partial charge in [0.1, 0.15) is 17.4 Å². The van der Waals surface area contributed by atoms with Gasteiger partial charge in [0.05, 0.1) is 23.8 Å². The Morgan fingerprint density at radius 1 is 1.06 bits per heavy atom. The number of ether oxygens (including phenoxy) is 1. The van der Waals surface area contributed by atoms with E-state index in [9.17, 15) is 31.5 Å². The fourth-order valence-corrected chi connectivity index (χ4v) is 3.09. The number of methoxy groups -OCH3 is 1. The summed E-state index contributed by atoms with van der Waals surface area (Å²) < 4.78 is 71.8. The summed E-state index contributed by atoms with van der Waals surface area (Å²) in [4.78, 5) is 23.3. The summed E-state index contributed by atoms with van der Waals surface area (Å²) in [6.45, 7) is -0.175. The molecule has 3 aromatic rings. The molecule has 0 aromatic heterocycles. The van der Waals surface area contributed by atoms with Crippen molar-refractivity contribution in [3.05, 3.63) is 88.5 Å². The molecule has 0 unspecified atom stereocenters. The minimum Gasteiger partial charge on any atom is -0.496 e. The van der Waals surface area contributed by atoms with Gasteiger partial charge in [0.2, 0.25) is 0 Å². The van der Waals surface area contributed by atoms with E-state index < -0.39 is 34.8 Å². The van der Waals surface area contributed by atoms with Crippen molar-refractivity contribution in [1.82, 2.24) is 5.32 Å². The Labute approximate surface area is 179 Å². The highest BCUT2D eigenvalue weighted by atomic mass is 19.4. The summed E-state index contributed by atoms with van der Waals surface area (Å²) in [7, 11) is 1.38. The van der Waals surface area contributed by atoms with Crippen LogP contribution in [0.15, 0.2) is 54.6 Å². The van der Waals surface area contributed by atoms with E-state index in [1.54, 1.807) is 6.07 Å². The fraction of sp³-hybridized carbons (Fsp3) is 0.130. The van der Waals surface area contributed by atoms with Crippen LogP contribution in [0.4, 0.5) is 22.0 Å². The van der Waals surface area contributed by atoms with E-state index in [1.807, 2.05) is 0 Å². The predicted molar refractivity (Wildman–Crippen MR) is 106 cm³/mol. The van der Waals surface area contributed by atoms with E-state index in [0.29, 0.717) is 29.2 Å². The number of amides is 1. The SMILES string of the molecule is COc1ccc(-c2cccc(C=O)c2F)cc1CNC(=O)c1ccc(C(F)(F)F)cc1F. The normalized spacial score (nSPS) is 11.2. The molecule has 0 fully saturated rings. The Balaban J connectivity index is 1.86. The van der Waals surface area contributed by atoms with Gasteiger partial charge >= 0.3 is 6.18 Å². The molecule has 0 heterocycles. The highest BCUT2D eigenvalue weighted by Gasteiger charge is 2.31. The lowest BCUT2D eigenvalue weighted by Crippen LogP contribution is -2.24. The Morgan fingerprint density at radius 2 is 1.81 bits per heavy atom. The molecule has 0 aliphatic carbocycles. The van der Waals surface area contributed by atoms with Gasteiger partial charge in [0, 0.05) is 17.7 Å². The third-order valence-corrected chi connectivity index (χ3v) is 4.73. The van der Waals surface area contributed by atoms with E-state index in [2.05, 4.69) is 5.32 Å². The molecule has 9 heteroatoms. The van der Waals surface area contributed by atoms with Gasteiger partial charge in [-0.05, 0) is 42.0 Å². The van der Waals surface area contributed by atoms with Crippen molar-refractivity contribution in [2.45, 2.75) is 12.7 Å². The first kappa shape index (κ1) is 22.9. The van der Waals surface area contributed by atoms with E-state index in [1.165, 1.54) is 37.4 Å². The average molecular weight is 449 g/mol. The summed E-state index contributed by atoms with van der Waals surface area (Å²) in [6, 6.07) is 10.5. The molecule has 0 aliphatic heterocycles. The van der Waals surface area contributed by atoms with Gasteiger partial charge < -0.3 is 10.1 Å². The zero-order chi connectivity index (χ0) is 23.5. The molecule has 0 radical (unpaired) electrons. The van der Waals surface area contributed by atoms with Gasteiger partial charge in [0.25, 0.3) is 5.91 Å². The van der Waals surface area contributed by atoms with Crippen molar-refractivity contribution in [2.24, 2.45) is 0 Å². The van der Waals surface area contributed by atoms with Crippen molar-refractivity contribution in [3.8, 4) is 16.9 Å². The van der Waals surface area contributed by atoms with Gasteiger partial charge in [-0.15, -0.1) is 0 Å². The van der Waals surface area contributed by atoms with Crippen LogP contribution < -0.4 is 10.1 Å². The lowest BCUT2D eigenvalue weighted by atomic mass is 9.99. The number of halogens is 5. The first-order valence-electron chi connectivity index (χ1n) is 9.21. The summed E-state index contributed by atoms with van der Waals surface area (Å²) in [6.07, 6.45) is -4.35. The van der Waals surface area contributed by atoms with E-state index in [4.69, 9.17) is 4.74 Å². The van der Waals surface area contributed by atoms with Crippen LogP contribution in [0, 0.1) is 11.6 Å². The second-order valence-electron chi connectivity index (χ2n) is 6.73. The molecular formula is C23H16F5NO3. The molecule has 0 bridgehead atoms. The number of hydrogen-bond donors (Lipinski definition) is 1. The Bertz CT molecular complexity index is 1170. The molecule has 3 aromatic carbocycles. The minimum atomic E-state index is -4.74. The number of rotatable bonds is 6. The van der Waals surface area contributed by atoms with Crippen molar-refractivity contribution in [3.63, 3.8) is 0 Å². The third-order valence-electron chi connectivity index (χ3n) is 4.73. The molecule has 0 aliphatic rings. The van der Waals surface area contributed by atoms with Crippen LogP contribution in [0.5, 0.6) is 5.75 Å². The first-order chi connectivity index (χ1) is 15.2. The monoisotopic (exact) mass is 449 g/mol. The molecule has 4 nitrogen and oxygen atoms in total. The number of hydrogen-bond acceptors (Lipinski definition) is 3. The fourth-order valence-electron chi connectivity index (χ4n) is 3.09. The third kappa shape index (κ3) is 4.77. The number of carbonyl (C=O) groups is 2. The van der Waals surface area contributed by atoms with Gasteiger partial charge in [-0.25, -0.2) is 8.78 Å². The average Bonchev–Trinajstić information content (AvgIpc) is 2.76. The zero-order valence-electron chi connectivity index (χ0n) is 16.6. The van der Waals surface area contributed by atoms with Crippen LogP contribution in [-0.2, 0) is 12.7 Å². The lowest BCUT2D eigenvalue weighted by Gasteiger charge is -2.14. The molecular weight excluding hydrogens is 433 g/mol. The standard InChI is InChI=1S/C23H16F5NO3/c1-32-20-8-5-13(17-4-2-3-14(12-30)21(17)25)9-15(20)11-29-22(31)18-7-6-16(10-19(18)24)23(26,27)28/h2-10,12H,11H2,1H3,(H,29,31). The van der Waals surface area contributed by atoms with E-state index >= 15 is 0 Å². The van der Waals surface area contributed by atoms with Crippen molar-refractivity contribution >= 4 is 12.2 Å². The molecule has 3 rings (SSSR count). The van der Waals surface area contributed by atoms with Crippen molar-refractivity contribution < 1.29 is 36.3 Å². The topological polar surface area (TPSA) is 55.4 Å². The summed E-state index contributed by atoms with van der Waals surface area (Å²) in [5, 5.41) is 2.41. The molecule has 32 heavy (non-hydrogen) atoms. The van der Waals surface area contributed by atoms with Crippen LogP contribution in [0.3, 0.4) is 0 Å². The first-order valence-corrected chi connectivity index (χ1v) is 9.21. The van der Waals surface area contributed by atoms with Crippen LogP contribution in [0.2, 0.25) is 0 Å². The molecule has 0 atom stereocenters. The number of benzene rings is 3. The van der Waals surface area contributed by atoms with Gasteiger partial charge in [-0.3, -0.25) is 9.59 Å². The van der Waals surface area contributed by atoms with Gasteiger partial charge in [0.15, 0.2) is 6.29 Å². The molecule has 0 saturated carbocycles. The highest BCUT2D eigenvalue weighted by molar-refractivity contribution is 5.94. The van der Waals surface area contributed by atoms with Crippen molar-refractivity contribution in [2.75, 3.05) is 7.11 Å². The molecule has 0 saturated heterocycles. The predicted octanol–water partition coefficient (Wildman–Crippen LogP) is 5.40. The Kier molecular flexibility index (Phi) is 6.57. The van der Waals surface area contributed by atoms with Gasteiger partial charge in [-0.2, -0.15) is 13.2 Å². The summed E-state index contributed by atoms with van der Waals surface area (Å²) in [5.74, 6) is -2.62. The summed E-state index contributed by atoms with van der Waals surface area (Å²) in [5.41, 5.74) is -0.929. The second-order valence-corrected chi connectivity index (χ2v) is 6.73. The second kappa shape index (κ2) is 9.17. The smallest absolute Gasteiger partial charge is 0.416 e. The molecule has 1 amide bonds. The van der Waals surface area contributed by atoms with Crippen molar-refractivity contribution in [1.29, 1.82) is 0 Å². The van der Waals surface area contributed by atoms with Crippen LogP contribution in [0.1, 0.15) is 31.8 Å². The largest absolute Gasteiger partial charge is 0.496 e. The lowest BCUT2D eigenvalue weighted by molar-refractivity contribution is -0.137. The maximum absolute atomic E-state index is 14.5. The quantitative estimate of drug-likeness (QED) is 0.405. The van der Waals surface area contributed by atoms with Crippen LogP contribution >= 0.6 is 0 Å². The summed E-state index contributed by atoms with van der Waals surface area (Å²) >= 11 is 0. The number of nitrogens with one attached hydrogen (secondary N) is 1.